The average Bonchev–Trinajstić information content (AvgIpc) is 3.31. The van der Waals surface area contributed by atoms with Crippen molar-refractivity contribution in [3.05, 3.63) is 47.2 Å². The Hall–Kier alpha value is -3.01. The Labute approximate surface area is 189 Å². The van der Waals surface area contributed by atoms with Gasteiger partial charge in [-0.1, -0.05) is 30.3 Å². The van der Waals surface area contributed by atoms with Crippen molar-refractivity contribution in [2.75, 3.05) is 19.0 Å². The summed E-state index contributed by atoms with van der Waals surface area (Å²) in [4.78, 5) is 51.1. The van der Waals surface area contributed by atoms with Gasteiger partial charge in [0.15, 0.2) is 0 Å². The number of carbonyl (C=O) groups is 4. The van der Waals surface area contributed by atoms with Crippen LogP contribution in [0.25, 0.3) is 0 Å². The molecule has 3 aliphatic heterocycles. The largest absolute Gasteiger partial charge is 0.463 e. The van der Waals surface area contributed by atoms with E-state index >= 15 is 0 Å². The molecule has 4 rings (SSSR count). The highest BCUT2D eigenvalue weighted by Gasteiger charge is 2.57. The van der Waals surface area contributed by atoms with E-state index in [1.165, 1.54) is 0 Å². The summed E-state index contributed by atoms with van der Waals surface area (Å²) in [6, 6.07) is 7.86. The molecule has 10 heteroatoms. The van der Waals surface area contributed by atoms with Gasteiger partial charge in [0.05, 0.1) is 23.9 Å². The lowest BCUT2D eigenvalue weighted by atomic mass is 10.0. The van der Waals surface area contributed by atoms with Gasteiger partial charge in [0.1, 0.15) is 17.5 Å². The third-order valence-corrected chi connectivity index (χ3v) is 7.44. The minimum atomic E-state index is -0.739. The summed E-state index contributed by atoms with van der Waals surface area (Å²) in [5, 5.41) is 5.13. The van der Waals surface area contributed by atoms with Gasteiger partial charge in [0.2, 0.25) is 5.91 Å². The summed E-state index contributed by atoms with van der Waals surface area (Å²) in [6.07, 6.45) is 0.991. The molecule has 0 bridgehead atoms. The summed E-state index contributed by atoms with van der Waals surface area (Å²) >= 11 is 1.57. The fourth-order valence-corrected chi connectivity index (χ4v) is 6.08. The average molecular weight is 460 g/mol. The summed E-state index contributed by atoms with van der Waals surface area (Å²) in [6.45, 7) is 3.21. The number of nitrogens with zero attached hydrogens (tertiary/aromatic N) is 1. The quantitative estimate of drug-likeness (QED) is 0.622. The summed E-state index contributed by atoms with van der Waals surface area (Å²) < 4.78 is 10.6. The molecule has 32 heavy (non-hydrogen) atoms. The topological polar surface area (TPSA) is 114 Å². The van der Waals surface area contributed by atoms with Crippen LogP contribution < -0.4 is 10.6 Å². The van der Waals surface area contributed by atoms with E-state index in [1.807, 2.05) is 30.3 Å². The fraction of sp³-hybridized carbons (Fsp3) is 0.455. The molecule has 2 saturated heterocycles. The molecule has 0 saturated carbocycles. The van der Waals surface area contributed by atoms with Crippen LogP contribution in [0.4, 0.5) is 4.79 Å². The van der Waals surface area contributed by atoms with Crippen LogP contribution in [-0.4, -0.2) is 59.8 Å². The standard InChI is InChI=1S/C22H25N3O6S/c1-3-30-20(28)18-13(2)23-21(29)24-15(18)11-31-19(27)16-12-32-22(10-9-17(26)25(16)22)14-7-5-4-6-8-14/h4-8,13,16H,3,9-12H2,1-2H3,(H2,23,24,29)/t13-,16+,22+/m1/s1. The Balaban J connectivity index is 1.53. The first-order chi connectivity index (χ1) is 15.4. The first kappa shape index (κ1) is 22.2. The molecule has 0 unspecified atom stereocenters. The highest BCUT2D eigenvalue weighted by molar-refractivity contribution is 8.00. The molecule has 1 aromatic carbocycles. The number of urea groups is 1. The number of hydrogen-bond acceptors (Lipinski definition) is 7. The van der Waals surface area contributed by atoms with Crippen molar-refractivity contribution in [1.82, 2.24) is 15.5 Å². The molecule has 3 amide bonds. The second kappa shape index (κ2) is 8.85. The molecule has 3 aliphatic rings. The van der Waals surface area contributed by atoms with E-state index in [9.17, 15) is 19.2 Å². The molecule has 0 radical (unpaired) electrons. The lowest BCUT2D eigenvalue weighted by molar-refractivity contribution is -0.153. The van der Waals surface area contributed by atoms with Crippen molar-refractivity contribution in [1.29, 1.82) is 0 Å². The van der Waals surface area contributed by atoms with E-state index in [-0.39, 0.29) is 30.4 Å². The van der Waals surface area contributed by atoms with Gasteiger partial charge < -0.3 is 25.0 Å². The summed E-state index contributed by atoms with van der Waals surface area (Å²) in [5.74, 6) is -0.835. The molecule has 1 aromatic rings. The molecule has 170 valence electrons. The van der Waals surface area contributed by atoms with Crippen molar-refractivity contribution in [2.45, 2.75) is 43.6 Å². The van der Waals surface area contributed by atoms with Crippen LogP contribution in [0.15, 0.2) is 41.6 Å². The first-order valence-corrected chi connectivity index (χ1v) is 11.5. The number of esters is 2. The number of nitrogens with one attached hydrogen (secondary N) is 2. The van der Waals surface area contributed by atoms with Crippen molar-refractivity contribution < 1.29 is 28.7 Å². The molecular weight excluding hydrogens is 434 g/mol. The Morgan fingerprint density at radius 3 is 2.69 bits per heavy atom. The summed E-state index contributed by atoms with van der Waals surface area (Å²) in [7, 11) is 0. The van der Waals surface area contributed by atoms with E-state index in [1.54, 1.807) is 30.5 Å². The van der Waals surface area contributed by atoms with Crippen LogP contribution in [0.2, 0.25) is 0 Å². The minimum Gasteiger partial charge on any atom is -0.463 e. The lowest BCUT2D eigenvalue weighted by Gasteiger charge is -2.33. The second-order valence-electron chi connectivity index (χ2n) is 7.78. The number of amides is 3. The maximum Gasteiger partial charge on any atom is 0.338 e. The van der Waals surface area contributed by atoms with E-state index < -0.39 is 34.9 Å². The van der Waals surface area contributed by atoms with Gasteiger partial charge in [0.25, 0.3) is 0 Å². The molecule has 2 fully saturated rings. The van der Waals surface area contributed by atoms with E-state index in [4.69, 9.17) is 9.47 Å². The Morgan fingerprint density at radius 2 is 1.97 bits per heavy atom. The highest BCUT2D eigenvalue weighted by atomic mass is 32.2. The molecule has 3 heterocycles. The zero-order chi connectivity index (χ0) is 22.9. The van der Waals surface area contributed by atoms with Crippen LogP contribution in [0, 0.1) is 0 Å². The first-order valence-electron chi connectivity index (χ1n) is 10.5. The molecular formula is C22H25N3O6S. The lowest BCUT2D eigenvalue weighted by Crippen LogP contribution is -2.50. The van der Waals surface area contributed by atoms with Crippen LogP contribution in [0.3, 0.4) is 0 Å². The second-order valence-corrected chi connectivity index (χ2v) is 9.08. The van der Waals surface area contributed by atoms with Gasteiger partial charge in [-0.2, -0.15) is 0 Å². The number of fused-ring (bicyclic) bond motifs is 1. The number of hydrogen-bond donors (Lipinski definition) is 2. The zero-order valence-electron chi connectivity index (χ0n) is 17.9. The molecule has 3 atom stereocenters. The van der Waals surface area contributed by atoms with Crippen LogP contribution in [-0.2, 0) is 28.7 Å². The predicted molar refractivity (Wildman–Crippen MR) is 116 cm³/mol. The van der Waals surface area contributed by atoms with Crippen molar-refractivity contribution >= 4 is 35.6 Å². The molecule has 2 N–H and O–H groups in total. The molecule has 0 aliphatic carbocycles. The van der Waals surface area contributed by atoms with E-state index in [0.717, 1.165) is 5.56 Å². The molecule has 0 spiro atoms. The molecule has 0 aromatic heterocycles. The number of ether oxygens (including phenoxy) is 2. The molecule has 9 nitrogen and oxygen atoms in total. The van der Waals surface area contributed by atoms with E-state index in [2.05, 4.69) is 10.6 Å². The highest BCUT2D eigenvalue weighted by Crippen LogP contribution is 2.54. The Bertz CT molecular complexity index is 981. The fourth-order valence-electron chi connectivity index (χ4n) is 4.45. The number of carbonyl (C=O) groups excluding carboxylic acids is 4. The smallest absolute Gasteiger partial charge is 0.338 e. The Kier molecular flexibility index (Phi) is 6.14. The van der Waals surface area contributed by atoms with Gasteiger partial charge in [-0.25, -0.2) is 14.4 Å². The predicted octanol–water partition coefficient (Wildman–Crippen LogP) is 1.64. The maximum atomic E-state index is 13.0. The minimum absolute atomic E-state index is 0.0870. The van der Waals surface area contributed by atoms with Crippen molar-refractivity contribution in [3.8, 4) is 0 Å². The number of thioether (sulfide) groups is 1. The summed E-state index contributed by atoms with van der Waals surface area (Å²) in [5.41, 5.74) is 1.37. The van der Waals surface area contributed by atoms with E-state index in [0.29, 0.717) is 18.6 Å². The number of benzene rings is 1. The zero-order valence-corrected chi connectivity index (χ0v) is 18.7. The third kappa shape index (κ3) is 3.83. The van der Waals surface area contributed by atoms with Gasteiger partial charge >= 0.3 is 18.0 Å². The Morgan fingerprint density at radius 1 is 1.22 bits per heavy atom. The monoisotopic (exact) mass is 459 g/mol. The normalized spacial score (nSPS) is 27.0. The van der Waals surface area contributed by atoms with Crippen LogP contribution in [0.1, 0.15) is 32.3 Å². The van der Waals surface area contributed by atoms with Crippen molar-refractivity contribution in [3.63, 3.8) is 0 Å². The van der Waals surface area contributed by atoms with Gasteiger partial charge in [-0.15, -0.1) is 11.8 Å². The van der Waals surface area contributed by atoms with Gasteiger partial charge in [0, 0.05) is 12.2 Å². The number of rotatable bonds is 6. The van der Waals surface area contributed by atoms with Gasteiger partial charge in [-0.3, -0.25) is 4.79 Å². The SMILES string of the molecule is CCOC(=O)C1=C(COC(=O)[C@@H]2CS[C@]3(c4ccccc4)CCC(=O)N23)NC(=O)N[C@@H]1C. The van der Waals surface area contributed by atoms with Crippen molar-refractivity contribution in [2.24, 2.45) is 0 Å². The third-order valence-electron chi connectivity index (χ3n) is 5.85. The van der Waals surface area contributed by atoms with Crippen LogP contribution in [0.5, 0.6) is 0 Å². The maximum absolute atomic E-state index is 13.0. The van der Waals surface area contributed by atoms with Crippen LogP contribution >= 0.6 is 11.8 Å². The van der Waals surface area contributed by atoms with Gasteiger partial charge in [-0.05, 0) is 25.8 Å².